The van der Waals surface area contributed by atoms with E-state index in [1.165, 1.54) is 0 Å². The lowest BCUT2D eigenvalue weighted by atomic mass is 9.74. The van der Waals surface area contributed by atoms with E-state index in [4.69, 9.17) is 16.3 Å². The number of ether oxygens (including phenoxy) is 1. The van der Waals surface area contributed by atoms with E-state index in [0.29, 0.717) is 0 Å². The number of halogens is 2. The summed E-state index contributed by atoms with van der Waals surface area (Å²) in [6.07, 6.45) is 2.74. The molecule has 1 heterocycles. The predicted octanol–water partition coefficient (Wildman–Crippen LogP) is 5.60. The SMILES string of the molecule is CCCC[C@@](O)(c1ccc(Br)cc1)[C@H](CN1CCOCC1)c1ccc(Cl)cc1. The summed E-state index contributed by atoms with van der Waals surface area (Å²) in [6.45, 7) is 6.25. The minimum atomic E-state index is -0.942. The van der Waals surface area contributed by atoms with Crippen LogP contribution in [0.2, 0.25) is 5.02 Å². The quantitative estimate of drug-likeness (QED) is 0.550. The van der Waals surface area contributed by atoms with Gasteiger partial charge in [0.25, 0.3) is 0 Å². The fourth-order valence-electron chi connectivity index (χ4n) is 3.97. The molecule has 2 aromatic rings. The zero-order valence-corrected chi connectivity index (χ0v) is 18.8. The Kier molecular flexibility index (Phi) is 7.95. The van der Waals surface area contributed by atoms with Gasteiger partial charge in [0.15, 0.2) is 0 Å². The van der Waals surface area contributed by atoms with E-state index in [-0.39, 0.29) is 5.92 Å². The van der Waals surface area contributed by atoms with Crippen LogP contribution in [0.5, 0.6) is 0 Å². The molecule has 0 aromatic heterocycles. The summed E-state index contributed by atoms with van der Waals surface area (Å²) < 4.78 is 6.54. The van der Waals surface area contributed by atoms with Crippen molar-refractivity contribution in [2.75, 3.05) is 32.8 Å². The molecule has 5 heteroatoms. The number of benzene rings is 2. The second kappa shape index (κ2) is 10.2. The van der Waals surface area contributed by atoms with E-state index in [1.54, 1.807) is 0 Å². The van der Waals surface area contributed by atoms with Crippen molar-refractivity contribution >= 4 is 27.5 Å². The lowest BCUT2D eigenvalue weighted by Gasteiger charge is -2.41. The van der Waals surface area contributed by atoms with Gasteiger partial charge in [0, 0.05) is 35.0 Å². The number of hydrogen-bond acceptors (Lipinski definition) is 3. The van der Waals surface area contributed by atoms with Gasteiger partial charge in [0.05, 0.1) is 18.8 Å². The zero-order chi connectivity index (χ0) is 20.0. The molecule has 1 fully saturated rings. The molecule has 28 heavy (non-hydrogen) atoms. The molecule has 1 saturated heterocycles. The highest BCUT2D eigenvalue weighted by molar-refractivity contribution is 9.10. The number of aliphatic hydroxyl groups is 1. The van der Waals surface area contributed by atoms with Crippen LogP contribution in [0.3, 0.4) is 0 Å². The average molecular weight is 467 g/mol. The smallest absolute Gasteiger partial charge is 0.0977 e. The third-order valence-corrected chi connectivity index (χ3v) is 6.43. The molecule has 1 N–H and O–H groups in total. The van der Waals surface area contributed by atoms with Gasteiger partial charge < -0.3 is 9.84 Å². The highest BCUT2D eigenvalue weighted by Crippen LogP contribution is 2.42. The Bertz CT molecular complexity index is 731. The predicted molar refractivity (Wildman–Crippen MR) is 119 cm³/mol. The topological polar surface area (TPSA) is 32.7 Å². The Hall–Kier alpha value is -0.910. The molecule has 2 aromatic carbocycles. The highest BCUT2D eigenvalue weighted by Gasteiger charge is 2.40. The average Bonchev–Trinajstić information content (AvgIpc) is 2.72. The zero-order valence-electron chi connectivity index (χ0n) is 16.4. The van der Waals surface area contributed by atoms with Crippen LogP contribution in [0.4, 0.5) is 0 Å². The summed E-state index contributed by atoms with van der Waals surface area (Å²) in [5.74, 6) is -0.0457. The molecule has 0 amide bonds. The fraction of sp³-hybridized carbons (Fsp3) is 0.478. The first kappa shape index (κ1) is 21.8. The lowest BCUT2D eigenvalue weighted by Crippen LogP contribution is -2.45. The Morgan fingerprint density at radius 1 is 1.11 bits per heavy atom. The van der Waals surface area contributed by atoms with Crippen molar-refractivity contribution in [3.05, 3.63) is 69.2 Å². The van der Waals surface area contributed by atoms with Crippen molar-refractivity contribution < 1.29 is 9.84 Å². The summed E-state index contributed by atoms with van der Waals surface area (Å²) in [5, 5.41) is 12.8. The van der Waals surface area contributed by atoms with Crippen molar-refractivity contribution in [2.24, 2.45) is 0 Å². The Morgan fingerprint density at radius 3 is 2.36 bits per heavy atom. The second-order valence-electron chi connectivity index (χ2n) is 7.55. The molecule has 0 aliphatic carbocycles. The van der Waals surface area contributed by atoms with Crippen LogP contribution in [-0.2, 0) is 10.3 Å². The van der Waals surface area contributed by atoms with E-state index < -0.39 is 5.60 Å². The largest absolute Gasteiger partial charge is 0.384 e. The number of hydrogen-bond donors (Lipinski definition) is 1. The van der Waals surface area contributed by atoms with E-state index in [1.807, 2.05) is 36.4 Å². The van der Waals surface area contributed by atoms with Crippen LogP contribution in [0.25, 0.3) is 0 Å². The molecule has 0 spiro atoms. The van der Waals surface area contributed by atoms with E-state index in [0.717, 1.165) is 72.7 Å². The first-order chi connectivity index (χ1) is 13.5. The molecule has 2 atom stereocenters. The molecule has 152 valence electrons. The maximum absolute atomic E-state index is 12.1. The summed E-state index contributed by atoms with van der Waals surface area (Å²) in [6, 6.07) is 16.1. The maximum atomic E-state index is 12.1. The summed E-state index contributed by atoms with van der Waals surface area (Å²) in [5.41, 5.74) is 1.15. The summed E-state index contributed by atoms with van der Waals surface area (Å²) in [4.78, 5) is 2.40. The van der Waals surface area contributed by atoms with Crippen LogP contribution < -0.4 is 0 Å². The molecule has 0 saturated carbocycles. The van der Waals surface area contributed by atoms with Crippen molar-refractivity contribution in [3.8, 4) is 0 Å². The Labute approximate surface area is 181 Å². The van der Waals surface area contributed by atoms with E-state index >= 15 is 0 Å². The normalized spacial score (nSPS) is 18.6. The van der Waals surface area contributed by atoms with Crippen LogP contribution in [0.15, 0.2) is 53.0 Å². The van der Waals surface area contributed by atoms with E-state index in [2.05, 4.69) is 39.9 Å². The van der Waals surface area contributed by atoms with Gasteiger partial charge in [0.2, 0.25) is 0 Å². The van der Waals surface area contributed by atoms with Crippen molar-refractivity contribution in [2.45, 2.75) is 37.7 Å². The van der Waals surface area contributed by atoms with Gasteiger partial charge >= 0.3 is 0 Å². The first-order valence-electron chi connectivity index (χ1n) is 10.1. The molecule has 1 aliphatic rings. The van der Waals surface area contributed by atoms with Crippen molar-refractivity contribution in [1.29, 1.82) is 0 Å². The van der Waals surface area contributed by atoms with Gasteiger partial charge in [-0.05, 0) is 41.8 Å². The van der Waals surface area contributed by atoms with Crippen molar-refractivity contribution in [1.82, 2.24) is 4.90 Å². The van der Waals surface area contributed by atoms with E-state index in [9.17, 15) is 5.11 Å². The first-order valence-corrected chi connectivity index (χ1v) is 11.2. The molecule has 3 rings (SSSR count). The molecule has 3 nitrogen and oxygen atoms in total. The minimum absolute atomic E-state index is 0.0457. The van der Waals surface area contributed by atoms with Crippen LogP contribution in [0.1, 0.15) is 43.2 Å². The highest BCUT2D eigenvalue weighted by atomic mass is 79.9. The Balaban J connectivity index is 2.00. The lowest BCUT2D eigenvalue weighted by molar-refractivity contribution is -0.0293. The maximum Gasteiger partial charge on any atom is 0.0977 e. The van der Waals surface area contributed by atoms with Gasteiger partial charge in [-0.1, -0.05) is 71.6 Å². The third-order valence-electron chi connectivity index (χ3n) is 5.65. The summed E-state index contributed by atoms with van der Waals surface area (Å²) in [7, 11) is 0. The van der Waals surface area contributed by atoms with Crippen LogP contribution >= 0.6 is 27.5 Å². The van der Waals surface area contributed by atoms with Crippen LogP contribution in [0, 0.1) is 0 Å². The number of unbranched alkanes of at least 4 members (excludes halogenated alkanes) is 1. The Morgan fingerprint density at radius 2 is 1.75 bits per heavy atom. The minimum Gasteiger partial charge on any atom is -0.384 e. The van der Waals surface area contributed by atoms with Gasteiger partial charge in [-0.2, -0.15) is 0 Å². The van der Waals surface area contributed by atoms with Crippen LogP contribution in [-0.4, -0.2) is 42.9 Å². The molecule has 1 aliphatic heterocycles. The number of morpholine rings is 1. The monoisotopic (exact) mass is 465 g/mol. The second-order valence-corrected chi connectivity index (χ2v) is 8.90. The summed E-state index contributed by atoms with van der Waals surface area (Å²) >= 11 is 9.66. The van der Waals surface area contributed by atoms with Gasteiger partial charge in [-0.3, -0.25) is 4.90 Å². The molecule has 0 unspecified atom stereocenters. The fourth-order valence-corrected chi connectivity index (χ4v) is 4.36. The van der Waals surface area contributed by atoms with Gasteiger partial charge in [0.1, 0.15) is 0 Å². The number of nitrogens with zero attached hydrogens (tertiary/aromatic N) is 1. The van der Waals surface area contributed by atoms with Gasteiger partial charge in [-0.15, -0.1) is 0 Å². The molecular formula is C23H29BrClNO2. The number of rotatable bonds is 8. The van der Waals surface area contributed by atoms with Crippen molar-refractivity contribution in [3.63, 3.8) is 0 Å². The standard InChI is InChI=1S/C23H29BrClNO2/c1-2-3-12-23(27,19-6-8-20(24)9-7-19)22(17-26-13-15-28-16-14-26)18-4-10-21(25)11-5-18/h4-11,22,27H,2-3,12-17H2,1H3/t22-,23-/m1/s1. The molecular weight excluding hydrogens is 438 g/mol. The third kappa shape index (κ3) is 5.37. The molecule has 0 bridgehead atoms. The van der Waals surface area contributed by atoms with Gasteiger partial charge in [-0.25, -0.2) is 0 Å². The molecule has 0 radical (unpaired) electrons.